The summed E-state index contributed by atoms with van der Waals surface area (Å²) in [7, 11) is 0. The van der Waals surface area contributed by atoms with Crippen molar-refractivity contribution in [2.75, 3.05) is 0 Å². The highest BCUT2D eigenvalue weighted by Gasteiger charge is 2.47. The van der Waals surface area contributed by atoms with E-state index in [1.54, 1.807) is 0 Å². The van der Waals surface area contributed by atoms with Gasteiger partial charge >= 0.3 is 5.97 Å². The van der Waals surface area contributed by atoms with Crippen LogP contribution >= 0.6 is 0 Å². The minimum absolute atomic E-state index is 0.124. The summed E-state index contributed by atoms with van der Waals surface area (Å²) in [6, 6.07) is 9.68. The zero-order valence-electron chi connectivity index (χ0n) is 10.2. The molecule has 2 fully saturated rings. The van der Waals surface area contributed by atoms with Crippen molar-refractivity contribution in [2.45, 2.75) is 25.2 Å². The number of hydrogen-bond donors (Lipinski definition) is 0. The highest BCUT2D eigenvalue weighted by atomic mass is 16.7. The van der Waals surface area contributed by atoms with Gasteiger partial charge in [-0.3, -0.25) is 9.59 Å². The molecule has 2 aliphatic rings. The third kappa shape index (κ3) is 2.23. The van der Waals surface area contributed by atoms with E-state index in [9.17, 15) is 14.4 Å². The van der Waals surface area contributed by atoms with E-state index in [0.29, 0.717) is 11.5 Å². The van der Waals surface area contributed by atoms with Crippen LogP contribution in [0.5, 0.6) is 0 Å². The van der Waals surface area contributed by atoms with E-state index < -0.39 is 17.8 Å². The fourth-order valence-electron chi connectivity index (χ4n) is 2.34. The van der Waals surface area contributed by atoms with Gasteiger partial charge in [0, 0.05) is 12.8 Å². The highest BCUT2D eigenvalue weighted by Crippen LogP contribution is 2.48. The van der Waals surface area contributed by atoms with E-state index in [0.717, 1.165) is 5.56 Å². The van der Waals surface area contributed by atoms with Gasteiger partial charge < -0.3 is 4.84 Å². The van der Waals surface area contributed by atoms with Crippen LogP contribution < -0.4 is 0 Å². The summed E-state index contributed by atoms with van der Waals surface area (Å²) in [5.41, 5.74) is 1.09. The van der Waals surface area contributed by atoms with Gasteiger partial charge in [0.05, 0.1) is 5.92 Å². The Hall–Kier alpha value is -2.17. The van der Waals surface area contributed by atoms with Crippen molar-refractivity contribution in [3.05, 3.63) is 35.9 Å². The van der Waals surface area contributed by atoms with Crippen LogP contribution in [0.3, 0.4) is 0 Å². The SMILES string of the molecule is O=C(ON1C(=O)CCC1=O)[C@H]1C[C@H]1c1ccccc1. The zero-order valence-corrected chi connectivity index (χ0v) is 10.2. The zero-order chi connectivity index (χ0) is 13.4. The lowest BCUT2D eigenvalue weighted by molar-refractivity contribution is -0.198. The van der Waals surface area contributed by atoms with Gasteiger partial charge in [-0.25, -0.2) is 4.79 Å². The standard InChI is InChI=1S/C14H13NO4/c16-12-6-7-13(17)15(12)19-14(18)11-8-10(11)9-4-2-1-3-5-9/h1-5,10-11H,6-8H2/t10-,11-/m0/s1. The lowest BCUT2D eigenvalue weighted by Gasteiger charge is -2.12. The van der Waals surface area contributed by atoms with E-state index in [1.165, 1.54) is 0 Å². The average Bonchev–Trinajstić information content (AvgIpc) is 3.17. The number of hydrogen-bond acceptors (Lipinski definition) is 4. The fraction of sp³-hybridized carbons (Fsp3) is 0.357. The Morgan fingerprint density at radius 1 is 1.11 bits per heavy atom. The molecule has 1 saturated heterocycles. The molecule has 19 heavy (non-hydrogen) atoms. The topological polar surface area (TPSA) is 63.7 Å². The van der Waals surface area contributed by atoms with Gasteiger partial charge in [0.2, 0.25) is 0 Å². The predicted octanol–water partition coefficient (Wildman–Crippen LogP) is 1.40. The minimum atomic E-state index is -0.488. The van der Waals surface area contributed by atoms with Gasteiger partial charge in [0.1, 0.15) is 0 Å². The Balaban J connectivity index is 1.61. The number of nitrogens with zero attached hydrogens (tertiary/aromatic N) is 1. The maximum absolute atomic E-state index is 11.9. The van der Waals surface area contributed by atoms with Gasteiger partial charge in [-0.2, -0.15) is 0 Å². The summed E-state index contributed by atoms with van der Waals surface area (Å²) in [6.45, 7) is 0. The summed E-state index contributed by atoms with van der Waals surface area (Å²) >= 11 is 0. The molecule has 0 aromatic heterocycles. The first-order valence-electron chi connectivity index (χ1n) is 6.29. The number of imide groups is 1. The predicted molar refractivity (Wildman–Crippen MR) is 64.5 cm³/mol. The van der Waals surface area contributed by atoms with Crippen molar-refractivity contribution in [1.29, 1.82) is 0 Å². The van der Waals surface area contributed by atoms with Crippen LogP contribution in [0.2, 0.25) is 0 Å². The molecule has 0 bridgehead atoms. The summed E-state index contributed by atoms with van der Waals surface area (Å²) in [4.78, 5) is 39.5. The Morgan fingerprint density at radius 2 is 1.74 bits per heavy atom. The molecule has 1 aromatic carbocycles. The van der Waals surface area contributed by atoms with Crippen LogP contribution in [0, 0.1) is 5.92 Å². The Morgan fingerprint density at radius 3 is 2.37 bits per heavy atom. The average molecular weight is 259 g/mol. The smallest absolute Gasteiger partial charge is 0.330 e. The second kappa shape index (κ2) is 4.50. The van der Waals surface area contributed by atoms with Gasteiger partial charge in [-0.05, 0) is 17.9 Å². The van der Waals surface area contributed by atoms with Crippen molar-refractivity contribution in [2.24, 2.45) is 5.92 Å². The van der Waals surface area contributed by atoms with Crippen LogP contribution in [-0.2, 0) is 19.2 Å². The summed E-state index contributed by atoms with van der Waals surface area (Å²) in [5, 5.41) is 0.614. The molecule has 0 radical (unpaired) electrons. The van der Waals surface area contributed by atoms with Crippen molar-refractivity contribution in [3.63, 3.8) is 0 Å². The number of rotatable bonds is 3. The van der Waals surface area contributed by atoms with Crippen LogP contribution in [0.25, 0.3) is 0 Å². The molecule has 1 aromatic rings. The first-order valence-corrected chi connectivity index (χ1v) is 6.29. The highest BCUT2D eigenvalue weighted by molar-refractivity contribution is 6.01. The second-order valence-corrected chi connectivity index (χ2v) is 4.85. The fourth-order valence-corrected chi connectivity index (χ4v) is 2.34. The maximum Gasteiger partial charge on any atom is 0.336 e. The van der Waals surface area contributed by atoms with E-state index in [-0.39, 0.29) is 24.7 Å². The minimum Gasteiger partial charge on any atom is -0.330 e. The van der Waals surface area contributed by atoms with Gasteiger partial charge in [-0.1, -0.05) is 30.3 Å². The number of amides is 2. The Kier molecular flexibility index (Phi) is 2.81. The van der Waals surface area contributed by atoms with Crippen LogP contribution in [0.1, 0.15) is 30.7 Å². The molecule has 1 heterocycles. The van der Waals surface area contributed by atoms with Gasteiger partial charge in [0.15, 0.2) is 0 Å². The molecule has 1 aliphatic heterocycles. The molecule has 2 atom stereocenters. The quantitative estimate of drug-likeness (QED) is 0.770. The summed E-state index contributed by atoms with van der Waals surface area (Å²) in [5.74, 6) is -1.46. The Bertz CT molecular complexity index is 524. The monoisotopic (exact) mass is 259 g/mol. The first kappa shape index (κ1) is 11.9. The third-order valence-electron chi connectivity index (χ3n) is 3.51. The molecule has 98 valence electrons. The molecular weight excluding hydrogens is 246 g/mol. The second-order valence-electron chi connectivity index (χ2n) is 4.85. The lowest BCUT2D eigenvalue weighted by atomic mass is 10.1. The van der Waals surface area contributed by atoms with Crippen molar-refractivity contribution in [3.8, 4) is 0 Å². The third-order valence-corrected chi connectivity index (χ3v) is 3.51. The van der Waals surface area contributed by atoms with E-state index in [2.05, 4.69) is 0 Å². The molecular formula is C14H13NO4. The summed E-state index contributed by atoms with van der Waals surface area (Å²) < 4.78 is 0. The lowest BCUT2D eigenvalue weighted by Crippen LogP contribution is -2.32. The van der Waals surface area contributed by atoms with Gasteiger partial charge in [-0.15, -0.1) is 5.06 Å². The van der Waals surface area contributed by atoms with Gasteiger partial charge in [0.25, 0.3) is 11.8 Å². The first-order chi connectivity index (χ1) is 9.16. The van der Waals surface area contributed by atoms with E-state index in [1.807, 2.05) is 30.3 Å². The number of carbonyl (C=O) groups excluding carboxylic acids is 3. The number of hydroxylamine groups is 2. The molecule has 5 nitrogen and oxygen atoms in total. The molecule has 3 rings (SSSR count). The largest absolute Gasteiger partial charge is 0.336 e. The molecule has 1 saturated carbocycles. The number of benzene rings is 1. The van der Waals surface area contributed by atoms with Crippen molar-refractivity contribution < 1.29 is 19.2 Å². The Labute approximate surface area is 110 Å². The molecule has 0 N–H and O–H groups in total. The molecule has 5 heteroatoms. The van der Waals surface area contributed by atoms with Crippen LogP contribution in [0.15, 0.2) is 30.3 Å². The molecule has 2 amide bonds. The normalized spacial score (nSPS) is 25.6. The van der Waals surface area contributed by atoms with Crippen LogP contribution in [0.4, 0.5) is 0 Å². The van der Waals surface area contributed by atoms with Crippen molar-refractivity contribution >= 4 is 17.8 Å². The summed E-state index contributed by atoms with van der Waals surface area (Å²) in [6.07, 6.45) is 0.955. The van der Waals surface area contributed by atoms with Crippen LogP contribution in [-0.4, -0.2) is 22.8 Å². The van der Waals surface area contributed by atoms with E-state index in [4.69, 9.17) is 4.84 Å². The maximum atomic E-state index is 11.9. The van der Waals surface area contributed by atoms with E-state index >= 15 is 0 Å². The molecule has 1 aliphatic carbocycles. The molecule has 0 spiro atoms. The molecule has 0 unspecified atom stereocenters. The van der Waals surface area contributed by atoms with Crippen molar-refractivity contribution in [1.82, 2.24) is 5.06 Å². The number of carbonyl (C=O) groups is 3.